The largest absolute Gasteiger partial charge is 0.307 e. The van der Waals surface area contributed by atoms with Gasteiger partial charge in [-0.05, 0) is 25.0 Å². The molecule has 15 heavy (non-hydrogen) atoms. The van der Waals surface area contributed by atoms with Crippen molar-refractivity contribution in [2.24, 2.45) is 0 Å². The highest BCUT2D eigenvalue weighted by Gasteiger charge is 2.04. The molecule has 0 fully saturated rings. The Balaban J connectivity index is 2.50. The summed E-state index contributed by atoms with van der Waals surface area (Å²) in [5.41, 5.74) is 2.69. The third-order valence-corrected chi connectivity index (χ3v) is 2.63. The number of nitrogens with one attached hydrogen (secondary N) is 1. The summed E-state index contributed by atoms with van der Waals surface area (Å²) in [5.74, 6) is 0.584. The van der Waals surface area contributed by atoms with Gasteiger partial charge in [-0.25, -0.2) is 0 Å². The smallest absolute Gasteiger partial charge is 0.0404 e. The molecule has 1 atom stereocenters. The van der Waals surface area contributed by atoms with Crippen LogP contribution < -0.4 is 5.32 Å². The van der Waals surface area contributed by atoms with Crippen molar-refractivity contribution >= 4 is 11.6 Å². The average molecular weight is 224 g/mol. The molecule has 0 bridgehead atoms. The Bertz CT molecular complexity index is 320. The SMILES string of the molecule is Cc1ccccc1C(C)NC/C=C/CCl. The van der Waals surface area contributed by atoms with E-state index in [4.69, 9.17) is 11.6 Å². The van der Waals surface area contributed by atoms with E-state index in [1.165, 1.54) is 11.1 Å². The summed E-state index contributed by atoms with van der Waals surface area (Å²) in [7, 11) is 0. The van der Waals surface area contributed by atoms with Crippen LogP contribution >= 0.6 is 11.6 Å². The van der Waals surface area contributed by atoms with Crippen molar-refractivity contribution in [3.63, 3.8) is 0 Å². The summed E-state index contributed by atoms with van der Waals surface area (Å²) in [6.07, 6.45) is 4.01. The van der Waals surface area contributed by atoms with Gasteiger partial charge >= 0.3 is 0 Å². The second-order valence-corrected chi connectivity index (χ2v) is 3.92. The molecule has 2 heteroatoms. The van der Waals surface area contributed by atoms with Gasteiger partial charge in [0.15, 0.2) is 0 Å². The lowest BCUT2D eigenvalue weighted by Crippen LogP contribution is -2.19. The van der Waals surface area contributed by atoms with Gasteiger partial charge in [0.05, 0.1) is 0 Å². The van der Waals surface area contributed by atoms with E-state index in [0.717, 1.165) is 6.54 Å². The Kier molecular flexibility index (Phi) is 5.44. The number of allylic oxidation sites excluding steroid dienone is 1. The van der Waals surface area contributed by atoms with Crippen LogP contribution in [0.1, 0.15) is 24.1 Å². The third-order valence-electron chi connectivity index (χ3n) is 2.45. The van der Waals surface area contributed by atoms with Crippen LogP contribution in [-0.2, 0) is 0 Å². The summed E-state index contributed by atoms with van der Waals surface area (Å²) >= 11 is 5.54. The molecule has 1 nitrogen and oxygen atoms in total. The first-order valence-electron chi connectivity index (χ1n) is 5.25. The molecule has 1 N–H and O–H groups in total. The quantitative estimate of drug-likeness (QED) is 0.596. The maximum Gasteiger partial charge on any atom is 0.0404 e. The molecule has 1 unspecified atom stereocenters. The van der Waals surface area contributed by atoms with Gasteiger partial charge in [0, 0.05) is 18.5 Å². The Morgan fingerprint density at radius 1 is 1.33 bits per heavy atom. The number of rotatable bonds is 5. The minimum absolute atomic E-state index is 0.381. The molecule has 82 valence electrons. The van der Waals surface area contributed by atoms with Crippen LogP contribution in [0.15, 0.2) is 36.4 Å². The fraction of sp³-hybridized carbons (Fsp3) is 0.385. The van der Waals surface area contributed by atoms with Gasteiger partial charge in [-0.2, -0.15) is 0 Å². The predicted molar refractivity (Wildman–Crippen MR) is 67.5 cm³/mol. The molecule has 0 saturated carbocycles. The molecule has 1 rings (SSSR count). The average Bonchev–Trinajstić information content (AvgIpc) is 2.25. The molecular weight excluding hydrogens is 206 g/mol. The topological polar surface area (TPSA) is 12.0 Å². The van der Waals surface area contributed by atoms with Gasteiger partial charge in [-0.1, -0.05) is 36.4 Å². The molecule has 0 aromatic heterocycles. The highest BCUT2D eigenvalue weighted by Crippen LogP contribution is 2.15. The van der Waals surface area contributed by atoms with Crippen LogP contribution in [0, 0.1) is 6.92 Å². The normalized spacial score (nSPS) is 13.3. The Labute approximate surface area is 97.1 Å². The second-order valence-electron chi connectivity index (χ2n) is 3.61. The summed E-state index contributed by atoms with van der Waals surface area (Å²) < 4.78 is 0. The van der Waals surface area contributed by atoms with Crippen LogP contribution in [0.2, 0.25) is 0 Å². The number of alkyl halides is 1. The first-order chi connectivity index (χ1) is 7.25. The lowest BCUT2D eigenvalue weighted by atomic mass is 10.0. The number of hydrogen-bond acceptors (Lipinski definition) is 1. The first kappa shape index (κ1) is 12.3. The Morgan fingerprint density at radius 3 is 2.73 bits per heavy atom. The first-order valence-corrected chi connectivity index (χ1v) is 5.79. The van der Waals surface area contributed by atoms with E-state index in [1.54, 1.807) is 0 Å². The van der Waals surface area contributed by atoms with Gasteiger partial charge in [0.25, 0.3) is 0 Å². The number of halogens is 1. The molecule has 0 spiro atoms. The monoisotopic (exact) mass is 223 g/mol. The zero-order valence-electron chi connectivity index (χ0n) is 9.33. The standard InChI is InChI=1S/C13H18ClN/c1-11-7-3-4-8-13(11)12(2)15-10-6-5-9-14/h3-8,12,15H,9-10H2,1-2H3/b6-5+. The third kappa shape index (κ3) is 4.06. The maximum absolute atomic E-state index is 5.54. The zero-order valence-corrected chi connectivity index (χ0v) is 10.1. The van der Waals surface area contributed by atoms with Crippen molar-refractivity contribution in [1.29, 1.82) is 0 Å². The van der Waals surface area contributed by atoms with Crippen LogP contribution in [0.4, 0.5) is 0 Å². The van der Waals surface area contributed by atoms with E-state index < -0.39 is 0 Å². The summed E-state index contributed by atoms with van der Waals surface area (Å²) in [6.45, 7) is 5.18. The minimum atomic E-state index is 0.381. The Morgan fingerprint density at radius 2 is 2.07 bits per heavy atom. The van der Waals surface area contributed by atoms with Crippen molar-refractivity contribution in [2.45, 2.75) is 19.9 Å². The van der Waals surface area contributed by atoms with Crippen molar-refractivity contribution in [3.8, 4) is 0 Å². The molecule has 1 aromatic carbocycles. The fourth-order valence-electron chi connectivity index (χ4n) is 1.57. The zero-order chi connectivity index (χ0) is 11.1. The summed E-state index contributed by atoms with van der Waals surface area (Å²) in [6, 6.07) is 8.83. The molecule has 0 saturated heterocycles. The minimum Gasteiger partial charge on any atom is -0.307 e. The number of aryl methyl sites for hydroxylation is 1. The molecule has 0 aliphatic rings. The van der Waals surface area contributed by atoms with Crippen molar-refractivity contribution in [3.05, 3.63) is 47.5 Å². The van der Waals surface area contributed by atoms with Crippen LogP contribution in [0.3, 0.4) is 0 Å². The maximum atomic E-state index is 5.54. The fourth-order valence-corrected chi connectivity index (χ4v) is 1.70. The van der Waals surface area contributed by atoms with E-state index in [2.05, 4.69) is 49.5 Å². The summed E-state index contributed by atoms with van der Waals surface area (Å²) in [5, 5.41) is 3.43. The van der Waals surface area contributed by atoms with Crippen LogP contribution in [0.5, 0.6) is 0 Å². The van der Waals surface area contributed by atoms with Gasteiger partial charge in [-0.3, -0.25) is 0 Å². The lowest BCUT2D eigenvalue weighted by molar-refractivity contribution is 0.614. The number of hydrogen-bond donors (Lipinski definition) is 1. The van der Waals surface area contributed by atoms with Gasteiger partial charge in [-0.15, -0.1) is 11.6 Å². The lowest BCUT2D eigenvalue weighted by Gasteiger charge is -2.15. The van der Waals surface area contributed by atoms with E-state index in [-0.39, 0.29) is 0 Å². The highest BCUT2D eigenvalue weighted by atomic mass is 35.5. The molecule has 1 aromatic rings. The molecule has 0 heterocycles. The Hall–Kier alpha value is -0.790. The molecule has 0 aliphatic carbocycles. The number of benzene rings is 1. The summed E-state index contributed by atoms with van der Waals surface area (Å²) in [4.78, 5) is 0. The van der Waals surface area contributed by atoms with E-state index >= 15 is 0 Å². The van der Waals surface area contributed by atoms with Gasteiger partial charge in [0.2, 0.25) is 0 Å². The van der Waals surface area contributed by atoms with Crippen LogP contribution in [-0.4, -0.2) is 12.4 Å². The van der Waals surface area contributed by atoms with E-state index in [0.29, 0.717) is 11.9 Å². The van der Waals surface area contributed by atoms with E-state index in [9.17, 15) is 0 Å². The molecule has 0 amide bonds. The van der Waals surface area contributed by atoms with E-state index in [1.807, 2.05) is 6.08 Å². The van der Waals surface area contributed by atoms with Crippen molar-refractivity contribution < 1.29 is 0 Å². The predicted octanol–water partition coefficient (Wildman–Crippen LogP) is 3.44. The van der Waals surface area contributed by atoms with Crippen molar-refractivity contribution in [1.82, 2.24) is 5.32 Å². The van der Waals surface area contributed by atoms with Crippen LogP contribution in [0.25, 0.3) is 0 Å². The van der Waals surface area contributed by atoms with Crippen molar-refractivity contribution in [2.75, 3.05) is 12.4 Å². The molecular formula is C13H18ClN. The molecule has 0 radical (unpaired) electrons. The van der Waals surface area contributed by atoms with Gasteiger partial charge in [0.1, 0.15) is 0 Å². The molecule has 0 aliphatic heterocycles. The highest BCUT2D eigenvalue weighted by molar-refractivity contribution is 6.18. The van der Waals surface area contributed by atoms with Gasteiger partial charge < -0.3 is 5.32 Å². The second kappa shape index (κ2) is 6.65.